The standard InChI is InChI=1S/C24H20Br2O2/c1-23(17-3-7-19(25)8-4-17)13-15-11-22-16(12-21(15)27-23)14-24(2,28-22)18-5-9-20(26)10-6-18/h3-12H,13-14H2,1-2H3. The average molecular weight is 500 g/mol. The van der Waals surface area contributed by atoms with Crippen LogP contribution in [0.1, 0.15) is 36.1 Å². The second-order valence-electron chi connectivity index (χ2n) is 8.10. The van der Waals surface area contributed by atoms with Crippen molar-refractivity contribution in [2.24, 2.45) is 0 Å². The molecule has 2 unspecified atom stereocenters. The Labute approximate surface area is 182 Å². The van der Waals surface area contributed by atoms with Crippen molar-refractivity contribution >= 4 is 31.9 Å². The Morgan fingerprint density at radius 1 is 0.643 bits per heavy atom. The number of hydrogen-bond donors (Lipinski definition) is 0. The summed E-state index contributed by atoms with van der Waals surface area (Å²) >= 11 is 7.02. The minimum absolute atomic E-state index is 0.340. The number of benzene rings is 3. The van der Waals surface area contributed by atoms with E-state index < -0.39 is 0 Å². The van der Waals surface area contributed by atoms with Crippen molar-refractivity contribution in [3.05, 3.63) is 91.9 Å². The molecule has 2 aliphatic heterocycles. The summed E-state index contributed by atoms with van der Waals surface area (Å²) in [5.41, 5.74) is 4.12. The van der Waals surface area contributed by atoms with Crippen molar-refractivity contribution in [3.8, 4) is 11.5 Å². The van der Waals surface area contributed by atoms with Crippen molar-refractivity contribution in [2.75, 3.05) is 0 Å². The molecule has 0 aromatic heterocycles. The molecule has 2 atom stereocenters. The van der Waals surface area contributed by atoms with E-state index in [-0.39, 0.29) is 11.2 Å². The number of rotatable bonds is 2. The molecule has 0 fully saturated rings. The first-order valence-corrected chi connectivity index (χ1v) is 11.0. The summed E-state index contributed by atoms with van der Waals surface area (Å²) in [4.78, 5) is 0. The number of hydrogen-bond acceptors (Lipinski definition) is 2. The summed E-state index contributed by atoms with van der Waals surface area (Å²) in [5, 5.41) is 0. The van der Waals surface area contributed by atoms with Gasteiger partial charge in [0.25, 0.3) is 0 Å². The molecular weight excluding hydrogens is 480 g/mol. The van der Waals surface area contributed by atoms with Crippen molar-refractivity contribution in [2.45, 2.75) is 37.9 Å². The molecule has 0 spiro atoms. The number of fused-ring (bicyclic) bond motifs is 2. The van der Waals surface area contributed by atoms with Gasteiger partial charge in [0, 0.05) is 32.9 Å². The third-order valence-corrected chi connectivity index (χ3v) is 6.94. The first-order valence-electron chi connectivity index (χ1n) is 9.41. The summed E-state index contributed by atoms with van der Waals surface area (Å²) in [6.45, 7) is 4.32. The minimum atomic E-state index is -0.340. The molecule has 0 aliphatic carbocycles. The maximum atomic E-state index is 6.46. The van der Waals surface area contributed by atoms with Gasteiger partial charge in [0.05, 0.1) is 0 Å². The van der Waals surface area contributed by atoms with Gasteiger partial charge in [-0.25, -0.2) is 0 Å². The van der Waals surface area contributed by atoms with Crippen LogP contribution in [0.2, 0.25) is 0 Å². The lowest BCUT2D eigenvalue weighted by Crippen LogP contribution is -2.27. The fraction of sp³-hybridized carbons (Fsp3) is 0.250. The van der Waals surface area contributed by atoms with Crippen LogP contribution in [0.5, 0.6) is 11.5 Å². The Morgan fingerprint density at radius 2 is 1.00 bits per heavy atom. The lowest BCUT2D eigenvalue weighted by Gasteiger charge is -2.25. The van der Waals surface area contributed by atoms with E-state index in [2.05, 4.69) is 106 Å². The van der Waals surface area contributed by atoms with Crippen molar-refractivity contribution in [1.82, 2.24) is 0 Å². The Bertz CT molecular complexity index is 937. The zero-order chi connectivity index (χ0) is 19.5. The molecule has 3 aromatic rings. The Kier molecular flexibility index (Phi) is 4.15. The van der Waals surface area contributed by atoms with E-state index in [1.807, 2.05) is 0 Å². The fourth-order valence-electron chi connectivity index (χ4n) is 4.32. The maximum Gasteiger partial charge on any atom is 0.135 e. The summed E-state index contributed by atoms with van der Waals surface area (Å²) in [6, 6.07) is 21.2. The van der Waals surface area contributed by atoms with Crippen molar-refractivity contribution < 1.29 is 9.47 Å². The number of halogens is 2. The van der Waals surface area contributed by atoms with Crippen LogP contribution in [-0.2, 0) is 24.0 Å². The minimum Gasteiger partial charge on any atom is -0.482 e. The van der Waals surface area contributed by atoms with Gasteiger partial charge in [0.15, 0.2) is 0 Å². The molecule has 5 rings (SSSR count). The van der Waals surface area contributed by atoms with E-state index in [0.29, 0.717) is 0 Å². The Hall–Kier alpha value is -1.78. The second kappa shape index (κ2) is 6.36. The average Bonchev–Trinajstić information content (AvgIpc) is 3.16. The quantitative estimate of drug-likeness (QED) is 0.381. The van der Waals surface area contributed by atoms with E-state index in [9.17, 15) is 0 Å². The molecule has 0 N–H and O–H groups in total. The van der Waals surface area contributed by atoms with Gasteiger partial charge in [0.1, 0.15) is 22.7 Å². The van der Waals surface area contributed by atoms with Crippen molar-refractivity contribution in [3.63, 3.8) is 0 Å². The van der Waals surface area contributed by atoms with Crippen LogP contribution in [0.4, 0.5) is 0 Å². The molecule has 4 heteroatoms. The highest BCUT2D eigenvalue weighted by Gasteiger charge is 2.41. The third kappa shape index (κ3) is 2.98. The zero-order valence-electron chi connectivity index (χ0n) is 15.8. The molecule has 3 aromatic carbocycles. The van der Waals surface area contributed by atoms with Crippen LogP contribution >= 0.6 is 31.9 Å². The summed E-state index contributed by atoms with van der Waals surface area (Å²) in [6.07, 6.45) is 1.69. The molecule has 0 saturated carbocycles. The van der Waals surface area contributed by atoms with Crippen LogP contribution in [0, 0.1) is 0 Å². The van der Waals surface area contributed by atoms with E-state index in [1.165, 1.54) is 22.3 Å². The molecule has 0 radical (unpaired) electrons. The predicted octanol–water partition coefficient (Wildman–Crippen LogP) is 6.91. The van der Waals surface area contributed by atoms with Gasteiger partial charge in [0.2, 0.25) is 0 Å². The van der Waals surface area contributed by atoms with Gasteiger partial charge in [-0.1, -0.05) is 56.1 Å². The SMILES string of the molecule is CC1(c2ccc(Br)cc2)Cc2cc3c(cc2O1)CC(C)(c1ccc(Br)cc1)O3. The van der Waals surface area contributed by atoms with Crippen molar-refractivity contribution in [1.29, 1.82) is 0 Å². The van der Waals surface area contributed by atoms with Gasteiger partial charge < -0.3 is 9.47 Å². The van der Waals surface area contributed by atoms with Gasteiger partial charge in [-0.15, -0.1) is 0 Å². The summed E-state index contributed by atoms with van der Waals surface area (Å²) in [7, 11) is 0. The molecule has 2 nitrogen and oxygen atoms in total. The molecule has 0 bridgehead atoms. The highest BCUT2D eigenvalue weighted by atomic mass is 79.9. The molecule has 2 heterocycles. The van der Waals surface area contributed by atoms with Crippen LogP contribution < -0.4 is 9.47 Å². The second-order valence-corrected chi connectivity index (χ2v) is 9.93. The van der Waals surface area contributed by atoms with Gasteiger partial charge in [-0.3, -0.25) is 0 Å². The molecule has 142 valence electrons. The Morgan fingerprint density at radius 3 is 1.36 bits per heavy atom. The van der Waals surface area contributed by atoms with Crippen LogP contribution in [0.25, 0.3) is 0 Å². The highest BCUT2D eigenvalue weighted by molar-refractivity contribution is 9.10. The smallest absolute Gasteiger partial charge is 0.135 e. The largest absolute Gasteiger partial charge is 0.482 e. The topological polar surface area (TPSA) is 18.5 Å². The van der Waals surface area contributed by atoms with E-state index in [4.69, 9.17) is 9.47 Å². The van der Waals surface area contributed by atoms with Gasteiger partial charge in [-0.05, 0) is 61.4 Å². The lowest BCUT2D eigenvalue weighted by molar-refractivity contribution is 0.114. The van der Waals surface area contributed by atoms with Crippen LogP contribution in [-0.4, -0.2) is 0 Å². The maximum absolute atomic E-state index is 6.46. The fourth-order valence-corrected chi connectivity index (χ4v) is 4.85. The first kappa shape index (κ1) is 18.3. The molecule has 2 aliphatic rings. The summed E-state index contributed by atoms with van der Waals surface area (Å²) in [5.74, 6) is 1.96. The summed E-state index contributed by atoms with van der Waals surface area (Å²) < 4.78 is 15.1. The van der Waals surface area contributed by atoms with Crippen LogP contribution in [0.3, 0.4) is 0 Å². The van der Waals surface area contributed by atoms with E-state index >= 15 is 0 Å². The predicted molar refractivity (Wildman–Crippen MR) is 118 cm³/mol. The monoisotopic (exact) mass is 498 g/mol. The number of ether oxygens (including phenoxy) is 2. The van der Waals surface area contributed by atoms with Gasteiger partial charge >= 0.3 is 0 Å². The lowest BCUT2D eigenvalue weighted by atomic mass is 9.89. The molecule has 28 heavy (non-hydrogen) atoms. The molecule has 0 saturated heterocycles. The van der Waals surface area contributed by atoms with E-state index in [1.54, 1.807) is 0 Å². The normalized spacial score (nSPS) is 25.0. The van der Waals surface area contributed by atoms with E-state index in [0.717, 1.165) is 33.3 Å². The molecular formula is C24H20Br2O2. The zero-order valence-corrected chi connectivity index (χ0v) is 18.9. The first-order chi connectivity index (χ1) is 13.3. The highest BCUT2D eigenvalue weighted by Crippen LogP contribution is 2.49. The third-order valence-electron chi connectivity index (χ3n) is 5.88. The Balaban J connectivity index is 1.44. The van der Waals surface area contributed by atoms with Crippen LogP contribution in [0.15, 0.2) is 69.6 Å². The van der Waals surface area contributed by atoms with Gasteiger partial charge in [-0.2, -0.15) is 0 Å². The molecule has 0 amide bonds.